The summed E-state index contributed by atoms with van der Waals surface area (Å²) < 4.78 is 5.45. The van der Waals surface area contributed by atoms with Crippen molar-refractivity contribution >= 4 is 23.4 Å². The Morgan fingerprint density at radius 3 is 2.67 bits per heavy atom. The van der Waals surface area contributed by atoms with E-state index in [0.29, 0.717) is 19.0 Å². The van der Waals surface area contributed by atoms with Crippen LogP contribution in [0.15, 0.2) is 30.5 Å². The molecular formula is C19H27ClN2O2. The molecule has 0 saturated heterocycles. The van der Waals surface area contributed by atoms with Crippen LogP contribution >= 0.6 is 11.6 Å². The van der Waals surface area contributed by atoms with E-state index >= 15 is 0 Å². The van der Waals surface area contributed by atoms with Crippen LogP contribution in [-0.4, -0.2) is 22.5 Å². The summed E-state index contributed by atoms with van der Waals surface area (Å²) in [7, 11) is 0. The average Bonchev–Trinajstić information content (AvgIpc) is 2.89. The first-order chi connectivity index (χ1) is 11.3. The molecule has 1 aliphatic rings. The van der Waals surface area contributed by atoms with E-state index in [1.165, 1.54) is 5.56 Å². The number of amides is 1. The number of alkyl halides is 1. The van der Waals surface area contributed by atoms with Crippen LogP contribution in [0.2, 0.25) is 0 Å². The highest BCUT2D eigenvalue weighted by atomic mass is 35.5. The number of hydrogen-bond acceptors (Lipinski definition) is 3. The summed E-state index contributed by atoms with van der Waals surface area (Å²) in [5.74, 6) is 0.687. The van der Waals surface area contributed by atoms with Crippen molar-refractivity contribution < 1.29 is 9.53 Å². The lowest BCUT2D eigenvalue weighted by atomic mass is 10.1. The molecule has 0 radical (unpaired) electrons. The minimum Gasteiger partial charge on any atom is -0.444 e. The first-order valence-corrected chi connectivity index (χ1v) is 8.92. The topological polar surface area (TPSA) is 41.6 Å². The summed E-state index contributed by atoms with van der Waals surface area (Å²) in [6.07, 6.45) is 2.68. The van der Waals surface area contributed by atoms with Gasteiger partial charge in [-0.2, -0.15) is 0 Å². The number of hydrogen-bond donors (Lipinski definition) is 1. The largest absolute Gasteiger partial charge is 0.444 e. The molecule has 4 nitrogen and oxygen atoms in total. The maximum absolute atomic E-state index is 12.2. The van der Waals surface area contributed by atoms with Crippen molar-refractivity contribution in [3.05, 3.63) is 41.6 Å². The summed E-state index contributed by atoms with van der Waals surface area (Å²) in [6, 6.07) is 6.19. The van der Waals surface area contributed by atoms with Gasteiger partial charge in [0.05, 0.1) is 0 Å². The number of rotatable bonds is 6. The molecule has 0 unspecified atom stereocenters. The smallest absolute Gasteiger partial charge is 0.410 e. The second kappa shape index (κ2) is 7.93. The minimum absolute atomic E-state index is 0.265. The van der Waals surface area contributed by atoms with Crippen molar-refractivity contribution in [1.29, 1.82) is 0 Å². The number of carbonyl (C=O) groups is 1. The Kier molecular flexibility index (Phi) is 6.16. The molecule has 0 bridgehead atoms. The molecule has 1 heterocycles. The van der Waals surface area contributed by atoms with Crippen molar-refractivity contribution in [2.24, 2.45) is 0 Å². The van der Waals surface area contributed by atoms with Gasteiger partial charge in [0.25, 0.3) is 0 Å². The summed E-state index contributed by atoms with van der Waals surface area (Å²) in [5, 5.41) is 3.34. The van der Waals surface area contributed by atoms with Gasteiger partial charge in [0, 0.05) is 30.4 Å². The normalized spacial score (nSPS) is 13.6. The van der Waals surface area contributed by atoms with E-state index in [0.717, 1.165) is 36.2 Å². The van der Waals surface area contributed by atoms with Crippen LogP contribution in [0.1, 0.15) is 51.2 Å². The molecule has 1 aliphatic heterocycles. The highest BCUT2D eigenvalue weighted by Crippen LogP contribution is 2.28. The van der Waals surface area contributed by atoms with Gasteiger partial charge in [-0.05, 0) is 63.3 Å². The molecule has 0 atom stereocenters. The zero-order chi connectivity index (χ0) is 17.7. The van der Waals surface area contributed by atoms with Gasteiger partial charge in [-0.15, -0.1) is 11.6 Å². The van der Waals surface area contributed by atoms with E-state index in [9.17, 15) is 4.79 Å². The average molecular weight is 351 g/mol. The van der Waals surface area contributed by atoms with Gasteiger partial charge in [-0.3, -0.25) is 4.90 Å². The highest BCUT2D eigenvalue weighted by Gasteiger charge is 2.27. The van der Waals surface area contributed by atoms with Crippen LogP contribution in [0.25, 0.3) is 0 Å². The van der Waals surface area contributed by atoms with Crippen molar-refractivity contribution in [2.45, 2.75) is 58.7 Å². The van der Waals surface area contributed by atoms with Gasteiger partial charge in [0.2, 0.25) is 0 Å². The first-order valence-electron chi connectivity index (χ1n) is 8.39. The second-order valence-electron chi connectivity index (χ2n) is 7.19. The van der Waals surface area contributed by atoms with E-state index in [4.69, 9.17) is 16.3 Å². The van der Waals surface area contributed by atoms with Crippen LogP contribution in [0, 0.1) is 0 Å². The fourth-order valence-corrected chi connectivity index (χ4v) is 2.82. The van der Waals surface area contributed by atoms with E-state index in [1.807, 2.05) is 26.8 Å². The van der Waals surface area contributed by atoms with Crippen molar-refractivity contribution in [2.75, 3.05) is 11.2 Å². The standard InChI is InChI=1S/C19H27ClN2O2/c1-14(7-5-6-10-20)21-17-9-8-15-12-22(13-16(15)11-17)18(23)24-19(2,3)4/h8-9,11,21H,1,5-7,10,12-13H2,2-4H3. The Hall–Kier alpha value is -1.68. The second-order valence-corrected chi connectivity index (χ2v) is 7.57. The lowest BCUT2D eigenvalue weighted by molar-refractivity contribution is 0.0242. The number of ether oxygens (including phenoxy) is 1. The van der Waals surface area contributed by atoms with Crippen LogP contribution in [0.4, 0.5) is 10.5 Å². The van der Waals surface area contributed by atoms with Crippen molar-refractivity contribution in [3.8, 4) is 0 Å². The third-order valence-corrected chi connectivity index (χ3v) is 4.03. The van der Waals surface area contributed by atoms with Gasteiger partial charge >= 0.3 is 6.09 Å². The maximum Gasteiger partial charge on any atom is 0.410 e. The number of nitrogens with one attached hydrogen (secondary N) is 1. The molecule has 1 N–H and O–H groups in total. The van der Waals surface area contributed by atoms with Crippen LogP contribution < -0.4 is 5.32 Å². The minimum atomic E-state index is -0.473. The van der Waals surface area contributed by atoms with Crippen molar-refractivity contribution in [3.63, 3.8) is 0 Å². The zero-order valence-corrected chi connectivity index (χ0v) is 15.6. The van der Waals surface area contributed by atoms with E-state index in [-0.39, 0.29) is 6.09 Å². The van der Waals surface area contributed by atoms with E-state index in [1.54, 1.807) is 4.90 Å². The van der Waals surface area contributed by atoms with Crippen LogP contribution in [0.3, 0.4) is 0 Å². The van der Waals surface area contributed by atoms with Gasteiger partial charge in [0.15, 0.2) is 0 Å². The van der Waals surface area contributed by atoms with Gasteiger partial charge < -0.3 is 10.1 Å². The van der Waals surface area contributed by atoms with Gasteiger partial charge in [0.1, 0.15) is 5.60 Å². The van der Waals surface area contributed by atoms with Gasteiger partial charge in [-0.1, -0.05) is 12.6 Å². The fourth-order valence-electron chi connectivity index (χ4n) is 2.63. The molecule has 1 aromatic rings. The third-order valence-electron chi connectivity index (χ3n) is 3.76. The number of benzene rings is 1. The molecule has 0 aliphatic carbocycles. The SMILES string of the molecule is C=C(CCCCCl)Nc1ccc2c(c1)CN(C(=O)OC(C)(C)C)C2. The molecule has 132 valence electrons. The number of unbranched alkanes of at least 4 members (excludes halogenated alkanes) is 1. The molecule has 0 aromatic heterocycles. The zero-order valence-electron chi connectivity index (χ0n) is 14.8. The molecule has 1 aromatic carbocycles. The molecule has 0 saturated carbocycles. The summed E-state index contributed by atoms with van der Waals surface area (Å²) >= 11 is 5.70. The molecule has 1 amide bonds. The molecule has 5 heteroatoms. The van der Waals surface area contributed by atoms with Crippen LogP contribution in [0.5, 0.6) is 0 Å². The summed E-state index contributed by atoms with van der Waals surface area (Å²) in [5.41, 5.74) is 3.84. The van der Waals surface area contributed by atoms with E-state index < -0.39 is 5.60 Å². The third kappa shape index (κ3) is 5.45. The number of fused-ring (bicyclic) bond motifs is 1. The van der Waals surface area contributed by atoms with Crippen molar-refractivity contribution in [1.82, 2.24) is 4.90 Å². The number of halogens is 1. The predicted molar refractivity (Wildman–Crippen MR) is 99.3 cm³/mol. The lowest BCUT2D eigenvalue weighted by Gasteiger charge is -2.24. The molecule has 24 heavy (non-hydrogen) atoms. The Balaban J connectivity index is 1.93. The molecule has 0 fully saturated rings. The summed E-state index contributed by atoms with van der Waals surface area (Å²) in [6.45, 7) is 10.9. The lowest BCUT2D eigenvalue weighted by Crippen LogP contribution is -2.33. The Morgan fingerprint density at radius 1 is 1.29 bits per heavy atom. The number of carbonyl (C=O) groups excluding carboxylic acids is 1. The summed E-state index contributed by atoms with van der Waals surface area (Å²) in [4.78, 5) is 13.9. The quantitative estimate of drug-likeness (QED) is 0.561. The Bertz CT molecular complexity index is 608. The number of nitrogens with zero attached hydrogens (tertiary/aromatic N) is 1. The van der Waals surface area contributed by atoms with Gasteiger partial charge in [-0.25, -0.2) is 4.79 Å². The highest BCUT2D eigenvalue weighted by molar-refractivity contribution is 6.17. The molecule has 0 spiro atoms. The van der Waals surface area contributed by atoms with Crippen LogP contribution in [-0.2, 0) is 17.8 Å². The predicted octanol–water partition coefficient (Wildman–Crippen LogP) is 5.27. The molecular weight excluding hydrogens is 324 g/mol. The Morgan fingerprint density at radius 2 is 2.00 bits per heavy atom. The number of allylic oxidation sites excluding steroid dienone is 1. The number of anilines is 1. The Labute approximate surface area is 149 Å². The van der Waals surface area contributed by atoms with E-state index in [2.05, 4.69) is 24.0 Å². The first kappa shape index (κ1) is 18.7. The molecule has 2 rings (SSSR count). The maximum atomic E-state index is 12.2. The fraction of sp³-hybridized carbons (Fsp3) is 0.526. The monoisotopic (exact) mass is 350 g/mol.